The molecule has 6 heteroatoms. The molecule has 0 radical (unpaired) electrons. The lowest BCUT2D eigenvalue weighted by atomic mass is 10.2. The normalized spacial score (nSPS) is 14.3. The molecule has 0 spiro atoms. The molecule has 92 valence electrons. The van der Waals surface area contributed by atoms with Crippen molar-refractivity contribution >= 4 is 11.9 Å². The summed E-state index contributed by atoms with van der Waals surface area (Å²) in [6.07, 6.45) is 0. The molecule has 0 saturated carbocycles. The van der Waals surface area contributed by atoms with Crippen molar-refractivity contribution < 1.29 is 14.3 Å². The van der Waals surface area contributed by atoms with Crippen molar-refractivity contribution in [2.75, 3.05) is 19.7 Å². The second-order valence-electron chi connectivity index (χ2n) is 3.69. The molecule has 1 fully saturated rings. The van der Waals surface area contributed by atoms with Crippen LogP contribution in [-0.4, -0.2) is 36.5 Å². The average molecular weight is 245 g/mol. The first-order valence-electron chi connectivity index (χ1n) is 5.42. The third-order valence-electron chi connectivity index (χ3n) is 2.50. The van der Waals surface area contributed by atoms with E-state index in [4.69, 9.17) is 10.00 Å². The molecule has 6 nitrogen and oxygen atoms in total. The molecule has 1 saturated heterocycles. The number of carbonyl (C=O) groups excluding carboxylic acids is 2. The van der Waals surface area contributed by atoms with Gasteiger partial charge in [0.2, 0.25) is 5.91 Å². The van der Waals surface area contributed by atoms with Crippen molar-refractivity contribution in [3.8, 4) is 11.8 Å². The van der Waals surface area contributed by atoms with Gasteiger partial charge in [0.05, 0.1) is 24.7 Å². The smallest absolute Gasteiger partial charge is 0.324 e. The van der Waals surface area contributed by atoms with Crippen LogP contribution in [0.25, 0.3) is 0 Å². The Bertz CT molecular complexity index is 488. The van der Waals surface area contributed by atoms with Crippen molar-refractivity contribution in [3.05, 3.63) is 29.8 Å². The number of benzene rings is 1. The van der Waals surface area contributed by atoms with E-state index < -0.39 is 0 Å². The van der Waals surface area contributed by atoms with Gasteiger partial charge in [0.1, 0.15) is 12.4 Å². The Balaban J connectivity index is 1.83. The lowest BCUT2D eigenvalue weighted by molar-refractivity contribution is -0.125. The topological polar surface area (TPSA) is 82.4 Å². The summed E-state index contributed by atoms with van der Waals surface area (Å²) >= 11 is 0. The van der Waals surface area contributed by atoms with Gasteiger partial charge in [-0.2, -0.15) is 5.26 Å². The lowest BCUT2D eigenvalue weighted by Crippen LogP contribution is -2.34. The summed E-state index contributed by atoms with van der Waals surface area (Å²) in [5, 5.41) is 11.1. The Morgan fingerprint density at radius 2 is 2.06 bits per heavy atom. The molecule has 1 aliphatic heterocycles. The molecule has 1 aliphatic rings. The fourth-order valence-corrected chi connectivity index (χ4v) is 1.56. The van der Waals surface area contributed by atoms with Gasteiger partial charge in [0.15, 0.2) is 0 Å². The quantitative estimate of drug-likeness (QED) is 0.782. The molecule has 3 amide bonds. The second kappa shape index (κ2) is 5.19. The van der Waals surface area contributed by atoms with Crippen LogP contribution in [0.15, 0.2) is 24.3 Å². The van der Waals surface area contributed by atoms with E-state index in [0.717, 1.165) is 4.90 Å². The molecule has 0 bridgehead atoms. The van der Waals surface area contributed by atoms with Gasteiger partial charge in [0.25, 0.3) is 0 Å². The maximum Gasteiger partial charge on any atom is 0.324 e. The Hall–Kier alpha value is -2.55. The third kappa shape index (κ3) is 2.58. The maximum atomic E-state index is 11.3. The number of carbonyl (C=O) groups is 2. The summed E-state index contributed by atoms with van der Waals surface area (Å²) in [5.41, 5.74) is 0.552. The van der Waals surface area contributed by atoms with E-state index in [2.05, 4.69) is 5.32 Å². The number of imide groups is 1. The highest BCUT2D eigenvalue weighted by molar-refractivity contribution is 6.01. The van der Waals surface area contributed by atoms with Crippen molar-refractivity contribution in [1.29, 1.82) is 5.26 Å². The molecular formula is C12H11N3O3. The Kier molecular flexibility index (Phi) is 3.44. The van der Waals surface area contributed by atoms with E-state index in [1.807, 2.05) is 6.07 Å². The molecule has 1 N–H and O–H groups in total. The molecule has 1 heterocycles. The number of amides is 3. The first-order valence-corrected chi connectivity index (χ1v) is 5.42. The summed E-state index contributed by atoms with van der Waals surface area (Å²) in [6, 6.07) is 8.25. The van der Waals surface area contributed by atoms with E-state index >= 15 is 0 Å². The second-order valence-corrected chi connectivity index (χ2v) is 3.69. The number of nitrogens with zero attached hydrogens (tertiary/aromatic N) is 2. The Morgan fingerprint density at radius 1 is 1.33 bits per heavy atom. The van der Waals surface area contributed by atoms with Gasteiger partial charge in [-0.15, -0.1) is 0 Å². The van der Waals surface area contributed by atoms with Crippen LogP contribution in [0.5, 0.6) is 5.75 Å². The molecule has 0 aliphatic carbocycles. The highest BCUT2D eigenvalue weighted by atomic mass is 16.5. The van der Waals surface area contributed by atoms with Crippen molar-refractivity contribution in [1.82, 2.24) is 10.2 Å². The highest BCUT2D eigenvalue weighted by Crippen LogP contribution is 2.11. The summed E-state index contributed by atoms with van der Waals surface area (Å²) in [4.78, 5) is 23.6. The summed E-state index contributed by atoms with van der Waals surface area (Å²) < 4.78 is 5.38. The highest BCUT2D eigenvalue weighted by Gasteiger charge is 2.27. The standard InChI is InChI=1S/C12H11N3O3/c13-7-9-1-3-10(4-2-9)18-6-5-15-11(16)8-14-12(15)17/h1-4H,5-6,8H2,(H,14,17). The van der Waals surface area contributed by atoms with Gasteiger partial charge in [-0.3, -0.25) is 9.69 Å². The monoisotopic (exact) mass is 245 g/mol. The van der Waals surface area contributed by atoms with E-state index in [9.17, 15) is 9.59 Å². The van der Waals surface area contributed by atoms with E-state index in [1.165, 1.54) is 0 Å². The van der Waals surface area contributed by atoms with Gasteiger partial charge in [0, 0.05) is 0 Å². The number of rotatable bonds is 4. The van der Waals surface area contributed by atoms with Gasteiger partial charge in [-0.25, -0.2) is 4.79 Å². The zero-order valence-corrected chi connectivity index (χ0v) is 9.55. The largest absolute Gasteiger partial charge is 0.492 e. The van der Waals surface area contributed by atoms with Crippen LogP contribution in [0.4, 0.5) is 4.79 Å². The average Bonchev–Trinajstić information content (AvgIpc) is 2.71. The first-order chi connectivity index (χ1) is 8.70. The molecule has 2 rings (SSSR count). The van der Waals surface area contributed by atoms with Gasteiger partial charge in [-0.1, -0.05) is 0 Å². The zero-order valence-electron chi connectivity index (χ0n) is 9.55. The summed E-state index contributed by atoms with van der Waals surface area (Å²) in [5.74, 6) is 0.351. The summed E-state index contributed by atoms with van der Waals surface area (Å²) in [6.45, 7) is 0.491. The number of nitriles is 1. The number of hydrogen-bond acceptors (Lipinski definition) is 4. The lowest BCUT2D eigenvalue weighted by Gasteiger charge is -2.12. The van der Waals surface area contributed by atoms with Crippen LogP contribution in [-0.2, 0) is 4.79 Å². The molecule has 0 atom stereocenters. The molecule has 0 aromatic heterocycles. The first kappa shape index (κ1) is 11.9. The van der Waals surface area contributed by atoms with Crippen LogP contribution in [0.2, 0.25) is 0 Å². The van der Waals surface area contributed by atoms with Gasteiger partial charge >= 0.3 is 6.03 Å². The molecule has 1 aromatic rings. The van der Waals surface area contributed by atoms with E-state index in [1.54, 1.807) is 24.3 Å². The van der Waals surface area contributed by atoms with Crippen molar-refractivity contribution in [2.24, 2.45) is 0 Å². The molecule has 18 heavy (non-hydrogen) atoms. The predicted molar refractivity (Wildman–Crippen MR) is 61.8 cm³/mol. The molecular weight excluding hydrogens is 234 g/mol. The summed E-state index contributed by atoms with van der Waals surface area (Å²) in [7, 11) is 0. The zero-order chi connectivity index (χ0) is 13.0. The number of hydrogen-bond donors (Lipinski definition) is 1. The fraction of sp³-hybridized carbons (Fsp3) is 0.250. The van der Waals surface area contributed by atoms with Crippen molar-refractivity contribution in [3.63, 3.8) is 0 Å². The van der Waals surface area contributed by atoms with Crippen LogP contribution in [0.1, 0.15) is 5.56 Å². The van der Waals surface area contributed by atoms with Crippen LogP contribution in [0, 0.1) is 11.3 Å². The predicted octanol–water partition coefficient (Wildman–Crippen LogP) is 0.489. The van der Waals surface area contributed by atoms with Crippen LogP contribution < -0.4 is 10.1 Å². The number of nitrogens with one attached hydrogen (secondary N) is 1. The number of ether oxygens (including phenoxy) is 1. The van der Waals surface area contributed by atoms with E-state index in [0.29, 0.717) is 11.3 Å². The number of urea groups is 1. The minimum absolute atomic E-state index is 0.0513. The maximum absolute atomic E-state index is 11.3. The van der Waals surface area contributed by atoms with E-state index in [-0.39, 0.29) is 31.6 Å². The third-order valence-corrected chi connectivity index (χ3v) is 2.50. The Morgan fingerprint density at radius 3 is 2.61 bits per heavy atom. The van der Waals surface area contributed by atoms with Crippen LogP contribution in [0.3, 0.4) is 0 Å². The molecule has 0 unspecified atom stereocenters. The van der Waals surface area contributed by atoms with Crippen molar-refractivity contribution in [2.45, 2.75) is 0 Å². The van der Waals surface area contributed by atoms with Crippen LogP contribution >= 0.6 is 0 Å². The van der Waals surface area contributed by atoms with Gasteiger partial charge in [-0.05, 0) is 24.3 Å². The fourth-order valence-electron chi connectivity index (χ4n) is 1.56. The Labute approximate surface area is 104 Å². The minimum Gasteiger partial charge on any atom is -0.492 e. The minimum atomic E-state index is -0.386. The SMILES string of the molecule is N#Cc1ccc(OCCN2C(=O)CNC2=O)cc1. The van der Waals surface area contributed by atoms with Gasteiger partial charge < -0.3 is 10.1 Å². The molecule has 1 aromatic carbocycles.